The van der Waals surface area contributed by atoms with Gasteiger partial charge in [0, 0.05) is 24.1 Å². The van der Waals surface area contributed by atoms with Gasteiger partial charge < -0.3 is 33.9 Å². The summed E-state index contributed by atoms with van der Waals surface area (Å²) < 4.78 is 31.8. The Kier molecular flexibility index (Phi) is 11.3. The van der Waals surface area contributed by atoms with Crippen LogP contribution in [0.15, 0.2) is 103 Å². The molecule has 4 aromatic carbocycles. The highest BCUT2D eigenvalue weighted by Gasteiger charge is 2.58. The smallest absolute Gasteiger partial charge is 0.225 e. The van der Waals surface area contributed by atoms with Crippen molar-refractivity contribution in [3.63, 3.8) is 0 Å². The van der Waals surface area contributed by atoms with Crippen molar-refractivity contribution in [3.05, 3.63) is 136 Å². The number of halogens is 1. The predicted molar refractivity (Wildman–Crippen MR) is 173 cm³/mol. The van der Waals surface area contributed by atoms with Gasteiger partial charge in [-0.25, -0.2) is 0 Å². The van der Waals surface area contributed by atoms with Crippen molar-refractivity contribution >= 4 is 11.6 Å². The van der Waals surface area contributed by atoms with Gasteiger partial charge in [0.15, 0.2) is 0 Å². The molecule has 0 aromatic heterocycles. The van der Waals surface area contributed by atoms with Crippen LogP contribution in [0.3, 0.4) is 0 Å². The summed E-state index contributed by atoms with van der Waals surface area (Å²) in [5.74, 6) is -0.753. The van der Waals surface area contributed by atoms with E-state index in [1.54, 1.807) is 7.11 Å². The molecule has 0 amide bonds. The Morgan fingerprint density at radius 2 is 1.42 bits per heavy atom. The summed E-state index contributed by atoms with van der Waals surface area (Å²) in [5.41, 5.74) is 3.13. The normalized spacial score (nSPS) is 21.0. The van der Waals surface area contributed by atoms with Gasteiger partial charge >= 0.3 is 0 Å². The lowest BCUT2D eigenvalue weighted by Gasteiger charge is -2.53. The highest BCUT2D eigenvalue weighted by molar-refractivity contribution is 6.31. The third-order valence-corrected chi connectivity index (χ3v) is 8.56. The number of methoxy groups -OCH3 is 1. The van der Waals surface area contributed by atoms with Gasteiger partial charge in [0.1, 0.15) is 17.5 Å². The van der Waals surface area contributed by atoms with Crippen LogP contribution in [0.4, 0.5) is 0 Å². The molecule has 4 aromatic rings. The number of aliphatic hydroxyl groups is 2. The van der Waals surface area contributed by atoms with E-state index < -0.39 is 36.8 Å². The first-order valence-corrected chi connectivity index (χ1v) is 15.6. The monoisotopic (exact) mass is 632 g/mol. The van der Waals surface area contributed by atoms with E-state index in [0.717, 1.165) is 28.0 Å². The average Bonchev–Trinajstić information content (AvgIpc) is 3.09. The standard InChI is InChI=1S/C37H41ClO7/c1-3-42-32-17-14-27(15-18-32)20-30-21-31(16-19-33(30)38)37(41-2)35(44-24-29-12-8-5-9-13-29)34(22-36(25-39,26-40)45-37)43-23-28-10-6-4-7-11-28/h4-19,21,34-35,39-40H,3,20,22-26H2,1-2H3/t34?,35-,37+/m1/s1. The summed E-state index contributed by atoms with van der Waals surface area (Å²) in [4.78, 5) is 0. The van der Waals surface area contributed by atoms with Gasteiger partial charge in [-0.2, -0.15) is 0 Å². The summed E-state index contributed by atoms with van der Waals surface area (Å²) in [5, 5.41) is 21.8. The number of ether oxygens (including phenoxy) is 5. The van der Waals surface area contributed by atoms with Crippen LogP contribution in [0.1, 0.15) is 41.2 Å². The van der Waals surface area contributed by atoms with Crippen molar-refractivity contribution in [1.82, 2.24) is 0 Å². The van der Waals surface area contributed by atoms with Gasteiger partial charge in [-0.15, -0.1) is 0 Å². The van der Waals surface area contributed by atoms with E-state index in [9.17, 15) is 10.2 Å². The number of hydrogen-bond donors (Lipinski definition) is 2. The maximum Gasteiger partial charge on any atom is 0.225 e. The van der Waals surface area contributed by atoms with Crippen LogP contribution in [0.5, 0.6) is 5.75 Å². The fourth-order valence-corrected chi connectivity index (χ4v) is 5.98. The van der Waals surface area contributed by atoms with Gasteiger partial charge in [0.05, 0.1) is 39.1 Å². The van der Waals surface area contributed by atoms with Crippen molar-refractivity contribution in [2.45, 2.75) is 56.6 Å². The lowest BCUT2D eigenvalue weighted by molar-refractivity contribution is -0.389. The summed E-state index contributed by atoms with van der Waals surface area (Å²) >= 11 is 6.75. The fourth-order valence-electron chi connectivity index (χ4n) is 5.80. The van der Waals surface area contributed by atoms with Crippen LogP contribution in [0.2, 0.25) is 5.02 Å². The fraction of sp³-hybridized carbons (Fsp3) is 0.351. The molecule has 0 aliphatic carbocycles. The van der Waals surface area contributed by atoms with Gasteiger partial charge in [0.25, 0.3) is 0 Å². The SMILES string of the molecule is CCOc1ccc(Cc2cc([C@]3(OC)OC(CO)(CO)CC(OCc4ccccc4)[C@H]3OCc3ccccc3)ccc2Cl)cc1. The third-order valence-electron chi connectivity index (χ3n) is 8.19. The van der Waals surface area contributed by atoms with Crippen molar-refractivity contribution in [2.75, 3.05) is 26.9 Å². The van der Waals surface area contributed by atoms with E-state index >= 15 is 0 Å². The van der Waals surface area contributed by atoms with Crippen LogP contribution in [-0.4, -0.2) is 55.0 Å². The quantitative estimate of drug-likeness (QED) is 0.165. The van der Waals surface area contributed by atoms with Crippen molar-refractivity contribution < 1.29 is 33.9 Å². The zero-order valence-electron chi connectivity index (χ0n) is 25.7. The lowest BCUT2D eigenvalue weighted by atomic mass is 9.83. The molecule has 0 radical (unpaired) electrons. The Hall–Kier alpha value is -3.27. The molecule has 7 nitrogen and oxygen atoms in total. The van der Waals surface area contributed by atoms with Crippen molar-refractivity contribution in [2.24, 2.45) is 0 Å². The van der Waals surface area contributed by atoms with Gasteiger partial charge in [-0.3, -0.25) is 0 Å². The molecule has 2 N–H and O–H groups in total. The van der Waals surface area contributed by atoms with E-state index in [4.69, 9.17) is 35.3 Å². The largest absolute Gasteiger partial charge is 0.494 e. The first-order chi connectivity index (χ1) is 21.9. The molecule has 0 bridgehead atoms. The van der Waals surface area contributed by atoms with Gasteiger partial charge in [-0.1, -0.05) is 90.5 Å². The molecule has 1 unspecified atom stereocenters. The van der Waals surface area contributed by atoms with E-state index in [-0.39, 0.29) is 13.0 Å². The molecule has 5 rings (SSSR count). The molecule has 0 spiro atoms. The minimum atomic E-state index is -1.56. The summed E-state index contributed by atoms with van der Waals surface area (Å²) in [6.07, 6.45) is -0.665. The van der Waals surface area contributed by atoms with Crippen molar-refractivity contribution in [3.8, 4) is 5.75 Å². The van der Waals surface area contributed by atoms with E-state index in [1.807, 2.05) is 110 Å². The molecule has 1 fully saturated rings. The third kappa shape index (κ3) is 7.76. The summed E-state index contributed by atoms with van der Waals surface area (Å²) in [7, 11) is 1.54. The Morgan fingerprint density at radius 1 is 0.800 bits per heavy atom. The maximum absolute atomic E-state index is 10.6. The molecular weight excluding hydrogens is 592 g/mol. The second-order valence-electron chi connectivity index (χ2n) is 11.3. The first kappa shape index (κ1) is 33.1. The molecule has 3 atom stereocenters. The molecule has 45 heavy (non-hydrogen) atoms. The molecule has 1 aliphatic rings. The Labute approximate surface area is 270 Å². The van der Waals surface area contributed by atoms with Crippen LogP contribution in [0, 0.1) is 0 Å². The van der Waals surface area contributed by atoms with Crippen LogP contribution in [-0.2, 0) is 44.4 Å². The Balaban J connectivity index is 1.55. The van der Waals surface area contributed by atoms with Gasteiger partial charge in [-0.05, 0) is 59.9 Å². The van der Waals surface area contributed by atoms with Crippen LogP contribution < -0.4 is 4.74 Å². The van der Waals surface area contributed by atoms with Crippen LogP contribution in [0.25, 0.3) is 0 Å². The molecule has 1 aliphatic heterocycles. The second-order valence-corrected chi connectivity index (χ2v) is 11.7. The van der Waals surface area contributed by atoms with E-state index in [2.05, 4.69) is 0 Å². The summed E-state index contributed by atoms with van der Waals surface area (Å²) in [6, 6.07) is 33.2. The minimum absolute atomic E-state index is 0.185. The molecule has 1 heterocycles. The Bertz CT molecular complexity index is 1480. The highest BCUT2D eigenvalue weighted by Crippen LogP contribution is 2.47. The number of rotatable bonds is 14. The molecule has 8 heteroatoms. The zero-order chi connectivity index (χ0) is 31.7. The zero-order valence-corrected chi connectivity index (χ0v) is 26.5. The van der Waals surface area contributed by atoms with Crippen LogP contribution >= 0.6 is 11.6 Å². The number of hydrogen-bond acceptors (Lipinski definition) is 7. The van der Waals surface area contributed by atoms with Gasteiger partial charge in [0.2, 0.25) is 5.79 Å². The molecule has 1 saturated heterocycles. The predicted octanol–water partition coefficient (Wildman–Crippen LogP) is 6.44. The summed E-state index contributed by atoms with van der Waals surface area (Å²) in [6.45, 7) is 2.22. The molecular formula is C37H41ClO7. The molecule has 238 valence electrons. The first-order valence-electron chi connectivity index (χ1n) is 15.2. The topological polar surface area (TPSA) is 86.6 Å². The number of benzene rings is 4. The second kappa shape index (κ2) is 15.3. The minimum Gasteiger partial charge on any atom is -0.494 e. The Morgan fingerprint density at radius 3 is 2.00 bits per heavy atom. The van der Waals surface area contributed by atoms with Crippen molar-refractivity contribution in [1.29, 1.82) is 0 Å². The van der Waals surface area contributed by atoms with E-state index in [0.29, 0.717) is 30.2 Å². The van der Waals surface area contributed by atoms with E-state index in [1.165, 1.54) is 0 Å². The average molecular weight is 633 g/mol. The maximum atomic E-state index is 10.6. The number of aliphatic hydroxyl groups excluding tert-OH is 2. The molecule has 0 saturated carbocycles. The lowest BCUT2D eigenvalue weighted by Crippen LogP contribution is -2.65. The highest BCUT2D eigenvalue weighted by atomic mass is 35.5.